The third-order valence-electron chi connectivity index (χ3n) is 4.00. The lowest BCUT2D eigenvalue weighted by molar-refractivity contribution is 0.620. The predicted octanol–water partition coefficient (Wildman–Crippen LogP) is 5.16. The van der Waals surface area contributed by atoms with Crippen molar-refractivity contribution in [2.75, 3.05) is 5.32 Å². The van der Waals surface area contributed by atoms with Crippen LogP contribution < -0.4 is 5.32 Å². The summed E-state index contributed by atoms with van der Waals surface area (Å²) in [6.07, 6.45) is 12.1. The quantitative estimate of drug-likeness (QED) is 0.706. The van der Waals surface area contributed by atoms with Crippen LogP contribution in [0.15, 0.2) is 24.3 Å². The summed E-state index contributed by atoms with van der Waals surface area (Å²) in [5.74, 6) is 0. The number of unbranched alkanes of at least 4 members (excludes halogenated alkanes) is 1. The maximum absolute atomic E-state index is 3.70. The lowest BCUT2D eigenvalue weighted by atomic mass is 10.1. The van der Waals surface area contributed by atoms with E-state index in [1.165, 1.54) is 69.0 Å². The molecule has 1 fully saturated rings. The minimum atomic E-state index is 0.703. The van der Waals surface area contributed by atoms with Crippen molar-refractivity contribution < 1.29 is 0 Å². The van der Waals surface area contributed by atoms with Gasteiger partial charge in [-0.05, 0) is 43.4 Å². The van der Waals surface area contributed by atoms with Crippen molar-refractivity contribution in [2.24, 2.45) is 0 Å². The van der Waals surface area contributed by atoms with E-state index < -0.39 is 0 Å². The molecule has 1 nitrogen and oxygen atoms in total. The van der Waals surface area contributed by atoms with Crippen LogP contribution in [-0.4, -0.2) is 6.04 Å². The highest BCUT2D eigenvalue weighted by Crippen LogP contribution is 2.21. The molecule has 0 atom stereocenters. The minimum Gasteiger partial charge on any atom is -0.382 e. The SMILES string of the molecule is CCCCc1ccc(NC2CCCCCC2)cc1. The van der Waals surface area contributed by atoms with Crippen molar-refractivity contribution in [3.63, 3.8) is 0 Å². The number of hydrogen-bond donors (Lipinski definition) is 1. The van der Waals surface area contributed by atoms with Gasteiger partial charge in [0, 0.05) is 11.7 Å². The van der Waals surface area contributed by atoms with E-state index in [-0.39, 0.29) is 0 Å². The van der Waals surface area contributed by atoms with E-state index >= 15 is 0 Å². The van der Waals surface area contributed by atoms with Crippen LogP contribution in [0, 0.1) is 0 Å². The van der Waals surface area contributed by atoms with Gasteiger partial charge in [0.1, 0.15) is 0 Å². The fourth-order valence-corrected chi connectivity index (χ4v) is 2.81. The van der Waals surface area contributed by atoms with Gasteiger partial charge in [0.05, 0.1) is 0 Å². The maximum atomic E-state index is 3.70. The minimum absolute atomic E-state index is 0.703. The van der Waals surface area contributed by atoms with E-state index in [4.69, 9.17) is 0 Å². The van der Waals surface area contributed by atoms with E-state index in [1.54, 1.807) is 0 Å². The molecule has 0 heterocycles. The molecule has 0 saturated heterocycles. The zero-order valence-corrected chi connectivity index (χ0v) is 11.8. The summed E-state index contributed by atoms with van der Waals surface area (Å²) in [4.78, 5) is 0. The van der Waals surface area contributed by atoms with Crippen LogP contribution >= 0.6 is 0 Å². The third kappa shape index (κ3) is 4.36. The summed E-state index contributed by atoms with van der Waals surface area (Å²) in [6, 6.07) is 9.80. The monoisotopic (exact) mass is 245 g/mol. The Kier molecular flexibility index (Phi) is 5.57. The first kappa shape index (κ1) is 13.5. The highest BCUT2D eigenvalue weighted by Gasteiger charge is 2.11. The van der Waals surface area contributed by atoms with E-state index in [0.717, 1.165) is 0 Å². The normalized spacial score (nSPS) is 17.4. The van der Waals surface area contributed by atoms with Crippen LogP contribution in [-0.2, 0) is 6.42 Å². The zero-order valence-electron chi connectivity index (χ0n) is 11.8. The van der Waals surface area contributed by atoms with Crippen molar-refractivity contribution >= 4 is 5.69 Å². The molecule has 0 bridgehead atoms. The van der Waals surface area contributed by atoms with Crippen molar-refractivity contribution in [1.82, 2.24) is 0 Å². The molecule has 0 amide bonds. The number of rotatable bonds is 5. The molecule has 18 heavy (non-hydrogen) atoms. The van der Waals surface area contributed by atoms with Gasteiger partial charge in [0.2, 0.25) is 0 Å². The van der Waals surface area contributed by atoms with Crippen LogP contribution in [0.2, 0.25) is 0 Å². The molecule has 0 radical (unpaired) electrons. The molecule has 0 aromatic heterocycles. The fourth-order valence-electron chi connectivity index (χ4n) is 2.81. The number of hydrogen-bond acceptors (Lipinski definition) is 1. The van der Waals surface area contributed by atoms with Crippen LogP contribution in [0.3, 0.4) is 0 Å². The summed E-state index contributed by atoms with van der Waals surface area (Å²) in [7, 11) is 0. The molecule has 100 valence electrons. The van der Waals surface area contributed by atoms with Crippen molar-refractivity contribution in [3.8, 4) is 0 Å². The van der Waals surface area contributed by atoms with Crippen molar-refractivity contribution in [3.05, 3.63) is 29.8 Å². The molecule has 0 aliphatic heterocycles. The Hall–Kier alpha value is -0.980. The Morgan fingerprint density at radius 2 is 1.67 bits per heavy atom. The van der Waals surface area contributed by atoms with Crippen molar-refractivity contribution in [1.29, 1.82) is 0 Å². The molecular weight excluding hydrogens is 218 g/mol. The molecule has 1 aliphatic carbocycles. The van der Waals surface area contributed by atoms with Gasteiger partial charge in [-0.3, -0.25) is 0 Å². The lowest BCUT2D eigenvalue weighted by Crippen LogP contribution is -2.18. The average Bonchev–Trinajstić information content (AvgIpc) is 2.67. The highest BCUT2D eigenvalue weighted by molar-refractivity contribution is 5.45. The second kappa shape index (κ2) is 7.45. The number of benzene rings is 1. The van der Waals surface area contributed by atoms with Gasteiger partial charge in [-0.15, -0.1) is 0 Å². The number of aryl methyl sites for hydroxylation is 1. The summed E-state index contributed by atoms with van der Waals surface area (Å²) in [6.45, 7) is 2.25. The largest absolute Gasteiger partial charge is 0.382 e. The second-order valence-corrected chi connectivity index (χ2v) is 5.63. The molecule has 0 spiro atoms. The van der Waals surface area contributed by atoms with Crippen LogP contribution in [0.4, 0.5) is 5.69 Å². The Balaban J connectivity index is 1.84. The summed E-state index contributed by atoms with van der Waals surface area (Å²) in [5, 5.41) is 3.70. The highest BCUT2D eigenvalue weighted by atomic mass is 14.9. The van der Waals surface area contributed by atoms with Crippen LogP contribution in [0.1, 0.15) is 63.9 Å². The number of anilines is 1. The summed E-state index contributed by atoms with van der Waals surface area (Å²) in [5.41, 5.74) is 2.78. The topological polar surface area (TPSA) is 12.0 Å². The van der Waals surface area contributed by atoms with Gasteiger partial charge in [-0.25, -0.2) is 0 Å². The summed E-state index contributed by atoms with van der Waals surface area (Å²) >= 11 is 0. The summed E-state index contributed by atoms with van der Waals surface area (Å²) < 4.78 is 0. The zero-order chi connectivity index (χ0) is 12.6. The van der Waals surface area contributed by atoms with Gasteiger partial charge < -0.3 is 5.32 Å². The Morgan fingerprint density at radius 1 is 1.00 bits per heavy atom. The first-order chi connectivity index (χ1) is 8.88. The molecule has 1 aliphatic rings. The Labute approximate surface area is 112 Å². The smallest absolute Gasteiger partial charge is 0.0342 e. The molecule has 1 aromatic rings. The molecular formula is C17H27N. The van der Waals surface area contributed by atoms with Gasteiger partial charge in [-0.1, -0.05) is 51.2 Å². The number of nitrogens with one attached hydrogen (secondary N) is 1. The molecule has 1 aromatic carbocycles. The van der Waals surface area contributed by atoms with E-state index in [0.29, 0.717) is 6.04 Å². The standard InChI is InChI=1S/C17H27N/c1-2-3-8-15-11-13-17(14-12-15)18-16-9-6-4-5-7-10-16/h11-14,16,18H,2-10H2,1H3. The second-order valence-electron chi connectivity index (χ2n) is 5.63. The van der Waals surface area contributed by atoms with Gasteiger partial charge in [0.15, 0.2) is 0 Å². The molecule has 1 heteroatoms. The average molecular weight is 245 g/mol. The third-order valence-corrected chi connectivity index (χ3v) is 4.00. The maximum Gasteiger partial charge on any atom is 0.0342 e. The molecule has 1 saturated carbocycles. The first-order valence-electron chi connectivity index (χ1n) is 7.74. The first-order valence-corrected chi connectivity index (χ1v) is 7.74. The van der Waals surface area contributed by atoms with E-state index in [9.17, 15) is 0 Å². The van der Waals surface area contributed by atoms with Gasteiger partial charge in [-0.2, -0.15) is 0 Å². The fraction of sp³-hybridized carbons (Fsp3) is 0.647. The van der Waals surface area contributed by atoms with Gasteiger partial charge in [0.25, 0.3) is 0 Å². The van der Waals surface area contributed by atoms with E-state index in [1.807, 2.05) is 0 Å². The Bertz CT molecular complexity index is 320. The Morgan fingerprint density at radius 3 is 2.28 bits per heavy atom. The van der Waals surface area contributed by atoms with Crippen LogP contribution in [0.5, 0.6) is 0 Å². The van der Waals surface area contributed by atoms with Gasteiger partial charge >= 0.3 is 0 Å². The molecule has 2 rings (SSSR count). The molecule has 0 unspecified atom stereocenters. The van der Waals surface area contributed by atoms with Crippen LogP contribution in [0.25, 0.3) is 0 Å². The predicted molar refractivity (Wildman–Crippen MR) is 80.2 cm³/mol. The van der Waals surface area contributed by atoms with Crippen molar-refractivity contribution in [2.45, 2.75) is 70.8 Å². The van der Waals surface area contributed by atoms with E-state index in [2.05, 4.69) is 36.5 Å². The lowest BCUT2D eigenvalue weighted by Gasteiger charge is -2.17. The molecule has 1 N–H and O–H groups in total.